The van der Waals surface area contributed by atoms with Gasteiger partial charge in [-0.3, -0.25) is 14.4 Å². The van der Waals surface area contributed by atoms with Gasteiger partial charge in [0.15, 0.2) is 12.4 Å². The van der Waals surface area contributed by atoms with Crippen molar-refractivity contribution in [2.45, 2.75) is 26.3 Å². The topological polar surface area (TPSA) is 72.9 Å². The lowest BCUT2D eigenvalue weighted by Gasteiger charge is -2.30. The zero-order valence-corrected chi connectivity index (χ0v) is 15.4. The molecule has 28 heavy (non-hydrogen) atoms. The molecule has 3 rings (SSSR count). The molecule has 2 aromatic rings. The highest BCUT2D eigenvalue weighted by atomic mass is 19.1. The third-order valence-corrected chi connectivity index (χ3v) is 4.32. The van der Waals surface area contributed by atoms with Crippen molar-refractivity contribution in [1.29, 1.82) is 0 Å². The Hall–Kier alpha value is -3.22. The zero-order chi connectivity index (χ0) is 20.1. The average Bonchev–Trinajstić information content (AvgIpc) is 2.68. The first-order valence-electron chi connectivity index (χ1n) is 8.98. The fourth-order valence-corrected chi connectivity index (χ4v) is 2.96. The summed E-state index contributed by atoms with van der Waals surface area (Å²) in [5.41, 5.74) is 1.44. The van der Waals surface area contributed by atoms with Gasteiger partial charge in [-0.05, 0) is 42.8 Å². The summed E-state index contributed by atoms with van der Waals surface area (Å²) in [4.78, 5) is 37.7. The van der Waals surface area contributed by atoms with E-state index in [9.17, 15) is 18.8 Å². The van der Waals surface area contributed by atoms with Crippen molar-refractivity contribution in [3.63, 3.8) is 0 Å². The number of Topliss-reactive ketones (excluding diaryl/α,β-unsaturated/α-hetero) is 1. The van der Waals surface area contributed by atoms with Gasteiger partial charge >= 0.3 is 5.97 Å². The van der Waals surface area contributed by atoms with Crippen LogP contribution in [0.25, 0.3) is 0 Å². The first-order valence-corrected chi connectivity index (χ1v) is 8.98. The predicted molar refractivity (Wildman–Crippen MR) is 99.7 cm³/mol. The highest BCUT2D eigenvalue weighted by molar-refractivity contribution is 6.02. The van der Waals surface area contributed by atoms with Gasteiger partial charge in [0.25, 0.3) is 5.91 Å². The van der Waals surface area contributed by atoms with E-state index in [4.69, 9.17) is 9.47 Å². The van der Waals surface area contributed by atoms with E-state index in [2.05, 4.69) is 0 Å². The largest absolute Gasteiger partial charge is 0.482 e. The van der Waals surface area contributed by atoms with Crippen LogP contribution < -0.4 is 9.64 Å². The number of carbonyl (C=O) groups is 3. The summed E-state index contributed by atoms with van der Waals surface area (Å²) in [5.74, 6) is -0.869. The van der Waals surface area contributed by atoms with Crippen LogP contribution in [0.3, 0.4) is 0 Å². The third kappa shape index (κ3) is 4.54. The van der Waals surface area contributed by atoms with E-state index in [1.54, 1.807) is 37.3 Å². The second-order valence-corrected chi connectivity index (χ2v) is 6.31. The molecule has 2 aromatic carbocycles. The summed E-state index contributed by atoms with van der Waals surface area (Å²) in [5, 5.41) is 0. The van der Waals surface area contributed by atoms with E-state index in [1.807, 2.05) is 0 Å². The summed E-state index contributed by atoms with van der Waals surface area (Å²) in [6, 6.07) is 10.8. The smallest absolute Gasteiger partial charge is 0.306 e. The fourth-order valence-electron chi connectivity index (χ4n) is 2.96. The van der Waals surface area contributed by atoms with Gasteiger partial charge in [0.1, 0.15) is 11.6 Å². The van der Waals surface area contributed by atoms with E-state index >= 15 is 0 Å². The lowest BCUT2D eigenvalue weighted by Crippen LogP contribution is -2.38. The third-order valence-electron chi connectivity index (χ3n) is 4.32. The first-order chi connectivity index (χ1) is 13.5. The van der Waals surface area contributed by atoms with Crippen LogP contribution in [0.4, 0.5) is 10.1 Å². The molecule has 0 bridgehead atoms. The molecule has 0 aromatic heterocycles. The van der Waals surface area contributed by atoms with Gasteiger partial charge in [0.05, 0.1) is 25.3 Å². The summed E-state index contributed by atoms with van der Waals surface area (Å²) >= 11 is 0. The molecule has 0 aliphatic carbocycles. The van der Waals surface area contributed by atoms with Gasteiger partial charge in [-0.25, -0.2) is 4.39 Å². The van der Waals surface area contributed by atoms with Crippen molar-refractivity contribution >= 4 is 23.3 Å². The minimum atomic E-state index is -0.431. The van der Waals surface area contributed by atoms with Gasteiger partial charge in [-0.1, -0.05) is 12.1 Å². The number of esters is 1. The molecular formula is C21H20FNO5. The van der Waals surface area contributed by atoms with E-state index in [-0.39, 0.29) is 50.1 Å². The first kappa shape index (κ1) is 19.5. The number of carbonyl (C=O) groups excluding carboxylic acids is 3. The summed E-state index contributed by atoms with van der Waals surface area (Å²) in [6.45, 7) is 2.00. The molecule has 0 radical (unpaired) electrons. The summed E-state index contributed by atoms with van der Waals surface area (Å²) < 4.78 is 23.8. The number of amides is 1. The molecule has 6 nitrogen and oxygen atoms in total. The lowest BCUT2D eigenvalue weighted by molar-refractivity contribution is -0.143. The average molecular weight is 385 g/mol. The van der Waals surface area contributed by atoms with Crippen LogP contribution in [0.1, 0.15) is 35.7 Å². The van der Waals surface area contributed by atoms with Gasteiger partial charge in [-0.2, -0.15) is 0 Å². The Morgan fingerprint density at radius 3 is 2.75 bits per heavy atom. The molecule has 0 fully saturated rings. The molecule has 7 heteroatoms. The number of ether oxygens (including phenoxy) is 2. The van der Waals surface area contributed by atoms with E-state index < -0.39 is 5.97 Å². The Morgan fingerprint density at radius 2 is 2.00 bits per heavy atom. The van der Waals surface area contributed by atoms with Crippen molar-refractivity contribution in [2.24, 2.45) is 0 Å². The van der Waals surface area contributed by atoms with Crippen LogP contribution >= 0.6 is 0 Å². The SMILES string of the molecule is CCOC(=O)CCC(=O)c1ccc2c(c1)N(Cc1cccc(F)c1)C(=O)CO2. The summed E-state index contributed by atoms with van der Waals surface area (Å²) in [6.07, 6.45) is 0.00250. The Kier molecular flexibility index (Phi) is 6.03. The van der Waals surface area contributed by atoms with Crippen LogP contribution in [-0.2, 0) is 20.9 Å². The second-order valence-electron chi connectivity index (χ2n) is 6.31. The number of hydrogen-bond acceptors (Lipinski definition) is 5. The van der Waals surface area contributed by atoms with Crippen LogP contribution in [0.15, 0.2) is 42.5 Å². The lowest BCUT2D eigenvalue weighted by atomic mass is 10.0. The van der Waals surface area contributed by atoms with Gasteiger partial charge in [-0.15, -0.1) is 0 Å². The number of nitrogens with zero attached hydrogens (tertiary/aromatic N) is 1. The van der Waals surface area contributed by atoms with Crippen molar-refractivity contribution in [3.05, 3.63) is 59.4 Å². The standard InChI is InChI=1S/C21H20FNO5/c1-2-27-21(26)9-7-18(24)15-6-8-19-17(11-15)23(20(25)13-28-19)12-14-4-3-5-16(22)10-14/h3-6,8,10-11H,2,7,9,12-13H2,1H3. The molecule has 0 saturated heterocycles. The number of rotatable bonds is 7. The molecular weight excluding hydrogens is 365 g/mol. The quantitative estimate of drug-likeness (QED) is 0.540. The van der Waals surface area contributed by atoms with Gasteiger partial charge in [0.2, 0.25) is 0 Å². The van der Waals surface area contributed by atoms with Gasteiger partial charge < -0.3 is 14.4 Å². The van der Waals surface area contributed by atoms with Crippen LogP contribution in [-0.4, -0.2) is 30.9 Å². The molecule has 0 N–H and O–H groups in total. The molecule has 1 aliphatic heterocycles. The highest BCUT2D eigenvalue weighted by Crippen LogP contribution is 2.34. The number of halogens is 1. The van der Waals surface area contributed by atoms with E-state index in [1.165, 1.54) is 17.0 Å². The highest BCUT2D eigenvalue weighted by Gasteiger charge is 2.27. The van der Waals surface area contributed by atoms with Crippen LogP contribution in [0.2, 0.25) is 0 Å². The minimum Gasteiger partial charge on any atom is -0.482 e. The van der Waals surface area contributed by atoms with Crippen LogP contribution in [0, 0.1) is 5.82 Å². The Balaban J connectivity index is 1.81. The zero-order valence-electron chi connectivity index (χ0n) is 15.4. The minimum absolute atomic E-state index is 0.00774. The fraction of sp³-hybridized carbons (Fsp3) is 0.286. The van der Waals surface area contributed by atoms with Crippen molar-refractivity contribution in [3.8, 4) is 5.75 Å². The Morgan fingerprint density at radius 1 is 1.18 bits per heavy atom. The molecule has 0 spiro atoms. The normalized spacial score (nSPS) is 12.9. The molecule has 1 amide bonds. The number of anilines is 1. The molecule has 0 atom stereocenters. The number of fused-ring (bicyclic) bond motifs is 1. The number of ketones is 1. The number of hydrogen-bond donors (Lipinski definition) is 0. The monoisotopic (exact) mass is 385 g/mol. The molecule has 0 saturated carbocycles. The van der Waals surface area contributed by atoms with Gasteiger partial charge in [0, 0.05) is 12.0 Å². The Bertz CT molecular complexity index is 911. The van der Waals surface area contributed by atoms with E-state index in [0.29, 0.717) is 22.6 Å². The molecule has 0 unspecified atom stereocenters. The number of benzene rings is 2. The summed E-state index contributed by atoms with van der Waals surface area (Å²) in [7, 11) is 0. The van der Waals surface area contributed by atoms with Crippen molar-refractivity contribution in [2.75, 3.05) is 18.1 Å². The maximum absolute atomic E-state index is 13.5. The molecule has 146 valence electrons. The van der Waals surface area contributed by atoms with Crippen molar-refractivity contribution < 1.29 is 28.2 Å². The molecule has 1 aliphatic rings. The van der Waals surface area contributed by atoms with Crippen LogP contribution in [0.5, 0.6) is 5.75 Å². The Labute approximate surface area is 161 Å². The van der Waals surface area contributed by atoms with E-state index in [0.717, 1.165) is 0 Å². The maximum Gasteiger partial charge on any atom is 0.306 e. The maximum atomic E-state index is 13.5. The predicted octanol–water partition coefficient (Wildman–Crippen LogP) is 3.28. The van der Waals surface area contributed by atoms with Crippen molar-refractivity contribution in [1.82, 2.24) is 0 Å². The second kappa shape index (κ2) is 8.65. The molecule has 1 heterocycles.